The van der Waals surface area contributed by atoms with Crippen molar-refractivity contribution in [2.45, 2.75) is 40.0 Å². The zero-order chi connectivity index (χ0) is 9.84. The Morgan fingerprint density at radius 1 is 1.46 bits per heavy atom. The summed E-state index contributed by atoms with van der Waals surface area (Å²) in [6, 6.07) is 0. The molecule has 0 spiro atoms. The molecule has 0 aliphatic rings. The van der Waals surface area contributed by atoms with Crippen LogP contribution >= 0.6 is 0 Å². The molecule has 0 aliphatic carbocycles. The zero-order valence-electron chi connectivity index (χ0n) is 8.48. The van der Waals surface area contributed by atoms with Crippen molar-refractivity contribution in [1.82, 2.24) is 9.97 Å². The summed E-state index contributed by atoms with van der Waals surface area (Å²) in [4.78, 5) is 18.8. The molecule has 13 heavy (non-hydrogen) atoms. The average molecular weight is 180 g/mol. The molecule has 1 aromatic heterocycles. The summed E-state index contributed by atoms with van der Waals surface area (Å²) in [6.07, 6.45) is 2.49. The minimum Gasteiger partial charge on any atom is -0.345 e. The largest absolute Gasteiger partial charge is 0.345 e. The third-order valence-electron chi connectivity index (χ3n) is 2.01. The molecule has 3 nitrogen and oxygen atoms in total. The molecule has 1 N–H and O–H groups in total. The Kier molecular flexibility index (Phi) is 3.23. The fourth-order valence-electron chi connectivity index (χ4n) is 1.32. The molecule has 0 bridgehead atoms. The summed E-state index contributed by atoms with van der Waals surface area (Å²) in [6.45, 7) is 5.85. The third-order valence-corrected chi connectivity index (χ3v) is 2.01. The summed E-state index contributed by atoms with van der Waals surface area (Å²) in [7, 11) is 0. The quantitative estimate of drug-likeness (QED) is 0.722. The van der Waals surface area contributed by atoms with Gasteiger partial charge >= 0.3 is 0 Å². The first-order chi connectivity index (χ1) is 6.19. The first-order valence-electron chi connectivity index (χ1n) is 4.77. The molecule has 1 heterocycles. The molecule has 0 aliphatic heterocycles. The Bertz CT molecular complexity index is 302. The number of carbonyl (C=O) groups excluding carboxylic acids is 1. The Morgan fingerprint density at radius 3 is 2.69 bits per heavy atom. The lowest BCUT2D eigenvalue weighted by atomic mass is 10.2. The number of hydrogen-bond donors (Lipinski definition) is 1. The number of aromatic nitrogens is 2. The lowest BCUT2D eigenvalue weighted by Crippen LogP contribution is -1.99. The van der Waals surface area contributed by atoms with Crippen molar-refractivity contribution >= 4 is 5.78 Å². The van der Waals surface area contributed by atoms with Gasteiger partial charge < -0.3 is 4.98 Å². The van der Waals surface area contributed by atoms with Crippen LogP contribution in [0.15, 0.2) is 0 Å². The summed E-state index contributed by atoms with van der Waals surface area (Å²) in [5.41, 5.74) is 1.52. The van der Waals surface area contributed by atoms with E-state index in [4.69, 9.17) is 0 Å². The second-order valence-corrected chi connectivity index (χ2v) is 3.18. The number of H-pyrrole nitrogens is 1. The predicted molar refractivity (Wildman–Crippen MR) is 51.9 cm³/mol. The van der Waals surface area contributed by atoms with Gasteiger partial charge in [0.2, 0.25) is 0 Å². The summed E-state index contributed by atoms with van der Waals surface area (Å²) in [5, 5.41) is 0. The monoisotopic (exact) mass is 180 g/mol. The number of imidazole rings is 1. The lowest BCUT2D eigenvalue weighted by Gasteiger charge is -1.91. The molecule has 3 heteroatoms. The maximum absolute atomic E-state index is 11.4. The number of Topliss-reactive ketones (excluding diaryl/α,β-unsaturated/α-hetero) is 1. The molecule has 0 atom stereocenters. The molecule has 0 saturated heterocycles. The van der Waals surface area contributed by atoms with Crippen molar-refractivity contribution in [2.24, 2.45) is 0 Å². The number of nitrogens with zero attached hydrogens (tertiary/aromatic N) is 1. The number of carbonyl (C=O) groups is 1. The van der Waals surface area contributed by atoms with Gasteiger partial charge in [-0.3, -0.25) is 4.79 Å². The van der Waals surface area contributed by atoms with Crippen LogP contribution in [0.1, 0.15) is 48.7 Å². The van der Waals surface area contributed by atoms with Gasteiger partial charge in [-0.1, -0.05) is 13.8 Å². The van der Waals surface area contributed by atoms with Crippen LogP contribution in [0.4, 0.5) is 0 Å². The van der Waals surface area contributed by atoms with E-state index in [0.717, 1.165) is 24.4 Å². The number of ketones is 1. The molecule has 0 amide bonds. The van der Waals surface area contributed by atoms with Crippen LogP contribution in [0.5, 0.6) is 0 Å². The van der Waals surface area contributed by atoms with Crippen LogP contribution in [0.2, 0.25) is 0 Å². The molecule has 1 rings (SSSR count). The molecule has 0 radical (unpaired) electrons. The first kappa shape index (κ1) is 9.96. The molecule has 0 aromatic carbocycles. The molecule has 1 aromatic rings. The van der Waals surface area contributed by atoms with E-state index in [1.54, 1.807) is 0 Å². The molecular weight excluding hydrogens is 164 g/mol. The minimum atomic E-state index is 0.121. The van der Waals surface area contributed by atoms with E-state index in [1.807, 2.05) is 13.8 Å². The van der Waals surface area contributed by atoms with Crippen molar-refractivity contribution in [1.29, 1.82) is 0 Å². The van der Waals surface area contributed by atoms with Crippen LogP contribution in [-0.4, -0.2) is 15.8 Å². The molecule has 0 saturated carbocycles. The number of nitrogens with one attached hydrogen (secondary N) is 1. The summed E-state index contributed by atoms with van der Waals surface area (Å²) in [5.74, 6) is 1.05. The Labute approximate surface area is 78.6 Å². The number of hydrogen-bond acceptors (Lipinski definition) is 2. The van der Waals surface area contributed by atoms with Crippen molar-refractivity contribution in [3.8, 4) is 0 Å². The first-order valence-corrected chi connectivity index (χ1v) is 4.77. The van der Waals surface area contributed by atoms with Crippen LogP contribution in [-0.2, 0) is 6.42 Å². The second kappa shape index (κ2) is 4.21. The summed E-state index contributed by atoms with van der Waals surface area (Å²) < 4.78 is 0. The number of aryl methyl sites for hydroxylation is 2. The highest BCUT2D eigenvalue weighted by Gasteiger charge is 2.11. The number of rotatable bonds is 4. The van der Waals surface area contributed by atoms with E-state index < -0.39 is 0 Å². The lowest BCUT2D eigenvalue weighted by molar-refractivity contribution is 0.0983. The van der Waals surface area contributed by atoms with Crippen molar-refractivity contribution in [3.63, 3.8) is 0 Å². The summed E-state index contributed by atoms with van der Waals surface area (Å²) >= 11 is 0. The Morgan fingerprint density at radius 2 is 2.15 bits per heavy atom. The molecular formula is C10H16N2O. The van der Waals surface area contributed by atoms with Crippen LogP contribution < -0.4 is 0 Å². The van der Waals surface area contributed by atoms with E-state index in [2.05, 4.69) is 16.9 Å². The van der Waals surface area contributed by atoms with Crippen LogP contribution in [0.25, 0.3) is 0 Å². The van der Waals surface area contributed by atoms with Crippen molar-refractivity contribution in [3.05, 3.63) is 17.2 Å². The topological polar surface area (TPSA) is 45.8 Å². The Hall–Kier alpha value is -1.12. The van der Waals surface area contributed by atoms with Gasteiger partial charge in [0.15, 0.2) is 5.78 Å². The van der Waals surface area contributed by atoms with E-state index in [-0.39, 0.29) is 5.78 Å². The predicted octanol–water partition coefficient (Wildman–Crippen LogP) is 2.26. The molecule has 0 unspecified atom stereocenters. The SMILES string of the molecule is CCCc1nc(C(=O)CC)c(C)[nH]1. The number of aromatic amines is 1. The van der Waals surface area contributed by atoms with Gasteiger partial charge in [-0.05, 0) is 13.3 Å². The smallest absolute Gasteiger partial charge is 0.182 e. The average Bonchev–Trinajstić information content (AvgIpc) is 2.46. The van der Waals surface area contributed by atoms with Gasteiger partial charge in [0.25, 0.3) is 0 Å². The van der Waals surface area contributed by atoms with Gasteiger partial charge in [-0.25, -0.2) is 4.98 Å². The van der Waals surface area contributed by atoms with Gasteiger partial charge in [-0.2, -0.15) is 0 Å². The van der Waals surface area contributed by atoms with E-state index in [9.17, 15) is 4.79 Å². The van der Waals surface area contributed by atoms with Gasteiger partial charge in [0.1, 0.15) is 11.5 Å². The maximum atomic E-state index is 11.4. The molecule has 0 fully saturated rings. The van der Waals surface area contributed by atoms with Crippen LogP contribution in [0.3, 0.4) is 0 Å². The third kappa shape index (κ3) is 2.17. The van der Waals surface area contributed by atoms with E-state index in [1.165, 1.54) is 0 Å². The van der Waals surface area contributed by atoms with E-state index in [0.29, 0.717) is 12.1 Å². The van der Waals surface area contributed by atoms with Gasteiger partial charge in [0.05, 0.1) is 0 Å². The van der Waals surface area contributed by atoms with Crippen molar-refractivity contribution in [2.75, 3.05) is 0 Å². The van der Waals surface area contributed by atoms with Crippen LogP contribution in [0, 0.1) is 6.92 Å². The maximum Gasteiger partial charge on any atom is 0.182 e. The Balaban J connectivity index is 2.89. The molecule has 72 valence electrons. The normalized spacial score (nSPS) is 10.4. The highest BCUT2D eigenvalue weighted by Crippen LogP contribution is 2.08. The van der Waals surface area contributed by atoms with Gasteiger partial charge in [0, 0.05) is 18.5 Å². The second-order valence-electron chi connectivity index (χ2n) is 3.18. The zero-order valence-corrected chi connectivity index (χ0v) is 8.48. The van der Waals surface area contributed by atoms with E-state index >= 15 is 0 Å². The highest BCUT2D eigenvalue weighted by atomic mass is 16.1. The van der Waals surface area contributed by atoms with Gasteiger partial charge in [-0.15, -0.1) is 0 Å². The fourth-order valence-corrected chi connectivity index (χ4v) is 1.32. The highest BCUT2D eigenvalue weighted by molar-refractivity contribution is 5.95. The standard InChI is InChI=1S/C10H16N2O/c1-4-6-9-11-7(3)10(12-9)8(13)5-2/h4-6H2,1-3H3,(H,11,12). The fraction of sp³-hybridized carbons (Fsp3) is 0.600. The minimum absolute atomic E-state index is 0.121. The van der Waals surface area contributed by atoms with Crippen molar-refractivity contribution < 1.29 is 4.79 Å².